The summed E-state index contributed by atoms with van der Waals surface area (Å²) in [5.41, 5.74) is -0.753. The molecule has 0 radical (unpaired) electrons. The number of aromatic nitrogens is 2. The summed E-state index contributed by atoms with van der Waals surface area (Å²) in [7, 11) is 0. The monoisotopic (exact) mass is 172 g/mol. The Kier molecular flexibility index (Phi) is 2.53. The number of aromatic amines is 1. The minimum absolute atomic E-state index is 0.370. The maximum atomic E-state index is 10.9. The third kappa shape index (κ3) is 1.98. The summed E-state index contributed by atoms with van der Waals surface area (Å²) in [6, 6.07) is 1.31. The van der Waals surface area contributed by atoms with Gasteiger partial charge in [0.15, 0.2) is 0 Å². The molecule has 1 N–H and O–H groups in total. The van der Waals surface area contributed by atoms with E-state index in [1.165, 1.54) is 16.8 Å². The van der Waals surface area contributed by atoms with Crippen molar-refractivity contribution in [2.24, 2.45) is 0 Å². The van der Waals surface area contributed by atoms with Crippen LogP contribution in [0.4, 0.5) is 0 Å². The van der Waals surface area contributed by atoms with Crippen molar-refractivity contribution in [2.75, 3.05) is 5.75 Å². The second kappa shape index (κ2) is 3.43. The van der Waals surface area contributed by atoms with Gasteiger partial charge in [-0.3, -0.25) is 14.3 Å². The van der Waals surface area contributed by atoms with Gasteiger partial charge in [-0.15, -0.1) is 0 Å². The number of hydrogen-bond acceptors (Lipinski definition) is 3. The fraction of sp³-hybridized carbons (Fsp3) is 0.333. The third-order valence-electron chi connectivity index (χ3n) is 1.24. The van der Waals surface area contributed by atoms with Crippen molar-refractivity contribution < 1.29 is 0 Å². The predicted molar refractivity (Wildman–Crippen MR) is 45.2 cm³/mol. The molecular weight excluding hydrogens is 164 g/mol. The lowest BCUT2D eigenvalue weighted by Gasteiger charge is -1.98. The van der Waals surface area contributed by atoms with E-state index in [2.05, 4.69) is 17.6 Å². The highest BCUT2D eigenvalue weighted by Gasteiger charge is 1.92. The third-order valence-corrected chi connectivity index (χ3v) is 1.44. The number of rotatable bonds is 2. The molecule has 0 aliphatic carbocycles. The molecular formula is C6H8N2O2S. The molecule has 1 aromatic rings. The molecule has 5 heteroatoms. The fourth-order valence-electron chi connectivity index (χ4n) is 0.728. The van der Waals surface area contributed by atoms with E-state index in [-0.39, 0.29) is 11.2 Å². The van der Waals surface area contributed by atoms with Crippen LogP contribution in [-0.2, 0) is 6.54 Å². The largest absolute Gasteiger partial charge is 0.328 e. The van der Waals surface area contributed by atoms with E-state index in [9.17, 15) is 9.59 Å². The molecule has 1 heterocycles. The molecule has 0 fully saturated rings. The molecule has 0 aromatic carbocycles. The summed E-state index contributed by atoms with van der Waals surface area (Å²) >= 11 is 3.95. The zero-order valence-corrected chi connectivity index (χ0v) is 6.67. The van der Waals surface area contributed by atoms with Gasteiger partial charge in [-0.25, -0.2) is 4.79 Å². The Morgan fingerprint density at radius 1 is 1.55 bits per heavy atom. The summed E-state index contributed by atoms with van der Waals surface area (Å²) in [6.45, 7) is 0.513. The van der Waals surface area contributed by atoms with Gasteiger partial charge in [-0.1, -0.05) is 0 Å². The molecule has 60 valence electrons. The Balaban J connectivity index is 3.10. The van der Waals surface area contributed by atoms with Gasteiger partial charge in [0.1, 0.15) is 0 Å². The SMILES string of the molecule is O=c1ccn(CCS)c(=O)[nH]1. The molecule has 0 atom stereocenters. The highest BCUT2D eigenvalue weighted by atomic mass is 32.1. The smallest absolute Gasteiger partial charge is 0.300 e. The van der Waals surface area contributed by atoms with Crippen LogP contribution in [0.25, 0.3) is 0 Å². The Hall–Kier alpha value is -0.970. The number of thiol groups is 1. The van der Waals surface area contributed by atoms with E-state index in [0.29, 0.717) is 12.3 Å². The average molecular weight is 172 g/mol. The van der Waals surface area contributed by atoms with E-state index in [1.54, 1.807) is 0 Å². The van der Waals surface area contributed by atoms with Gasteiger partial charge in [-0.05, 0) is 0 Å². The van der Waals surface area contributed by atoms with Crippen molar-refractivity contribution in [1.82, 2.24) is 9.55 Å². The lowest BCUT2D eigenvalue weighted by Crippen LogP contribution is -2.28. The van der Waals surface area contributed by atoms with Gasteiger partial charge in [0.2, 0.25) is 0 Å². The highest BCUT2D eigenvalue weighted by Crippen LogP contribution is 1.78. The Labute approximate surface area is 68.3 Å². The summed E-state index contributed by atoms with van der Waals surface area (Å²) in [6.07, 6.45) is 1.46. The number of H-pyrrole nitrogens is 1. The lowest BCUT2D eigenvalue weighted by molar-refractivity contribution is 0.701. The van der Waals surface area contributed by atoms with Gasteiger partial charge in [-0.2, -0.15) is 12.6 Å². The average Bonchev–Trinajstić information content (AvgIpc) is 1.95. The molecule has 0 unspecified atom stereocenters. The van der Waals surface area contributed by atoms with Crippen LogP contribution in [0.5, 0.6) is 0 Å². The van der Waals surface area contributed by atoms with Crippen LogP contribution in [0.15, 0.2) is 21.9 Å². The lowest BCUT2D eigenvalue weighted by atomic mass is 10.6. The first-order valence-corrected chi connectivity index (χ1v) is 3.78. The second-order valence-electron chi connectivity index (χ2n) is 2.03. The molecule has 11 heavy (non-hydrogen) atoms. The van der Waals surface area contributed by atoms with Crippen molar-refractivity contribution in [3.63, 3.8) is 0 Å². The van der Waals surface area contributed by atoms with Crippen molar-refractivity contribution in [3.05, 3.63) is 33.1 Å². The van der Waals surface area contributed by atoms with Crippen molar-refractivity contribution in [2.45, 2.75) is 6.54 Å². The van der Waals surface area contributed by atoms with E-state index in [0.717, 1.165) is 0 Å². The van der Waals surface area contributed by atoms with Crippen LogP contribution in [0.2, 0.25) is 0 Å². The molecule has 0 saturated heterocycles. The number of nitrogens with one attached hydrogen (secondary N) is 1. The minimum atomic E-state index is -0.383. The van der Waals surface area contributed by atoms with Gasteiger partial charge in [0.05, 0.1) is 0 Å². The van der Waals surface area contributed by atoms with Gasteiger partial charge in [0.25, 0.3) is 5.56 Å². The molecule has 0 aliphatic heterocycles. The fourth-order valence-corrected chi connectivity index (χ4v) is 0.944. The van der Waals surface area contributed by atoms with Crippen LogP contribution in [0.3, 0.4) is 0 Å². The predicted octanol–water partition coefficient (Wildman–Crippen LogP) is -0.534. The van der Waals surface area contributed by atoms with E-state index in [1.807, 2.05) is 0 Å². The molecule has 0 amide bonds. The first-order chi connectivity index (χ1) is 5.24. The number of aryl methyl sites for hydroxylation is 1. The maximum absolute atomic E-state index is 10.9. The van der Waals surface area contributed by atoms with Crippen molar-refractivity contribution >= 4 is 12.6 Å². The standard InChI is InChI=1S/C6H8N2O2S/c9-5-1-2-8(3-4-11)6(10)7-5/h1-2,11H,3-4H2,(H,7,9,10). The van der Waals surface area contributed by atoms with Crippen LogP contribution in [-0.4, -0.2) is 15.3 Å². The molecule has 0 aliphatic rings. The quantitative estimate of drug-likeness (QED) is 0.589. The molecule has 4 nitrogen and oxygen atoms in total. The Bertz CT molecular complexity index is 341. The first-order valence-electron chi connectivity index (χ1n) is 3.14. The zero-order valence-electron chi connectivity index (χ0n) is 5.78. The summed E-state index contributed by atoms with van der Waals surface area (Å²) < 4.78 is 1.40. The minimum Gasteiger partial charge on any atom is -0.300 e. The van der Waals surface area contributed by atoms with Gasteiger partial charge < -0.3 is 0 Å². The van der Waals surface area contributed by atoms with Gasteiger partial charge >= 0.3 is 5.69 Å². The van der Waals surface area contributed by atoms with E-state index in [4.69, 9.17) is 0 Å². The van der Waals surface area contributed by atoms with E-state index < -0.39 is 0 Å². The summed E-state index contributed by atoms with van der Waals surface area (Å²) in [5.74, 6) is 0.575. The summed E-state index contributed by atoms with van der Waals surface area (Å²) in [5, 5.41) is 0. The van der Waals surface area contributed by atoms with E-state index >= 15 is 0 Å². The first kappa shape index (κ1) is 8.13. The van der Waals surface area contributed by atoms with Crippen molar-refractivity contribution in [1.29, 1.82) is 0 Å². The topological polar surface area (TPSA) is 54.9 Å². The molecule has 0 spiro atoms. The van der Waals surface area contributed by atoms with Crippen LogP contribution >= 0.6 is 12.6 Å². The molecule has 0 saturated carbocycles. The second-order valence-corrected chi connectivity index (χ2v) is 2.47. The van der Waals surface area contributed by atoms with Gasteiger partial charge in [0, 0.05) is 24.6 Å². The maximum Gasteiger partial charge on any atom is 0.328 e. The normalized spacial score (nSPS) is 9.91. The van der Waals surface area contributed by atoms with Crippen LogP contribution in [0, 0.1) is 0 Å². The zero-order chi connectivity index (χ0) is 8.27. The molecule has 1 rings (SSSR count). The molecule has 1 aromatic heterocycles. The number of hydrogen-bond donors (Lipinski definition) is 2. The summed E-state index contributed by atoms with van der Waals surface area (Å²) in [4.78, 5) is 23.6. The number of nitrogens with zero attached hydrogens (tertiary/aromatic N) is 1. The van der Waals surface area contributed by atoms with Crippen LogP contribution < -0.4 is 11.2 Å². The Morgan fingerprint density at radius 3 is 2.82 bits per heavy atom. The van der Waals surface area contributed by atoms with Crippen molar-refractivity contribution in [3.8, 4) is 0 Å². The van der Waals surface area contributed by atoms with Crippen LogP contribution in [0.1, 0.15) is 0 Å². The Morgan fingerprint density at radius 2 is 2.27 bits per heavy atom. The molecule has 0 bridgehead atoms. The highest BCUT2D eigenvalue weighted by molar-refractivity contribution is 7.80.